The monoisotopic (exact) mass is 458 g/mol. The fraction of sp³-hybridized carbons (Fsp3) is 0.273. The molecule has 2 N–H and O–H groups in total. The average molecular weight is 458 g/mol. The lowest BCUT2D eigenvalue weighted by molar-refractivity contribution is -0.114. The Morgan fingerprint density at radius 1 is 1.00 bits per heavy atom. The van der Waals surface area contributed by atoms with E-state index in [0.717, 1.165) is 5.56 Å². The fourth-order valence-corrected chi connectivity index (χ4v) is 1.70. The molecule has 0 unspecified atom stereocenters. The molecule has 0 aliphatic carbocycles. The molecule has 0 heterocycles. The van der Waals surface area contributed by atoms with E-state index in [-0.39, 0.29) is 11.8 Å². The van der Waals surface area contributed by atoms with Crippen LogP contribution in [0.1, 0.15) is 5.56 Å². The third kappa shape index (κ3) is 5.19. The first-order chi connectivity index (χ1) is 8.05. The number of amides is 2. The molecule has 0 aliphatic heterocycles. The van der Waals surface area contributed by atoms with Crippen LogP contribution < -0.4 is 10.6 Å². The Labute approximate surface area is 127 Å². The summed E-state index contributed by atoms with van der Waals surface area (Å²) in [6.45, 7) is 1.92. The fourth-order valence-electron chi connectivity index (χ4n) is 1.32. The lowest BCUT2D eigenvalue weighted by Crippen LogP contribution is -2.14. The lowest BCUT2D eigenvalue weighted by atomic mass is 10.2. The molecule has 0 radical (unpaired) electrons. The molecular weight excluding hydrogens is 446 g/mol. The Hall–Kier alpha value is -0.380. The van der Waals surface area contributed by atoms with Crippen LogP contribution in [0.25, 0.3) is 0 Å². The summed E-state index contributed by atoms with van der Waals surface area (Å²) < 4.78 is 0.808. The molecule has 0 bridgehead atoms. The summed E-state index contributed by atoms with van der Waals surface area (Å²) in [4.78, 5) is 22.6. The third-order valence-electron chi connectivity index (χ3n) is 1.89. The first kappa shape index (κ1) is 14.7. The van der Waals surface area contributed by atoms with Crippen molar-refractivity contribution in [3.05, 3.63) is 23.8 Å². The molecule has 4 nitrogen and oxygen atoms in total. The number of rotatable bonds is 4. The minimum absolute atomic E-state index is 0.0534. The van der Waals surface area contributed by atoms with Crippen LogP contribution in [0.2, 0.25) is 0 Å². The zero-order valence-corrected chi connectivity index (χ0v) is 13.5. The summed E-state index contributed by atoms with van der Waals surface area (Å²) in [6, 6.07) is 5.48. The van der Waals surface area contributed by atoms with Gasteiger partial charge in [-0.1, -0.05) is 45.2 Å². The van der Waals surface area contributed by atoms with Crippen LogP contribution in [-0.4, -0.2) is 20.7 Å². The number of alkyl halides is 2. The Bertz CT molecular complexity index is 399. The third-order valence-corrected chi connectivity index (χ3v) is 3.27. The summed E-state index contributed by atoms with van der Waals surface area (Å²) >= 11 is 4.00. The summed E-state index contributed by atoms with van der Waals surface area (Å²) in [5, 5.41) is 5.53. The molecule has 92 valence electrons. The molecule has 0 aliphatic rings. The van der Waals surface area contributed by atoms with Gasteiger partial charge in [-0.25, -0.2) is 0 Å². The minimum Gasteiger partial charge on any atom is -0.325 e. The maximum Gasteiger partial charge on any atom is 0.234 e. The molecule has 1 aromatic carbocycles. The van der Waals surface area contributed by atoms with Crippen molar-refractivity contribution in [2.45, 2.75) is 6.92 Å². The number of aryl methyl sites for hydroxylation is 1. The van der Waals surface area contributed by atoms with Crippen LogP contribution in [0, 0.1) is 6.92 Å². The smallest absolute Gasteiger partial charge is 0.234 e. The number of halogens is 2. The molecule has 0 aromatic heterocycles. The van der Waals surface area contributed by atoms with Crippen molar-refractivity contribution >= 4 is 68.4 Å². The topological polar surface area (TPSA) is 58.2 Å². The second-order valence-electron chi connectivity index (χ2n) is 3.45. The zero-order chi connectivity index (χ0) is 12.8. The minimum atomic E-state index is -0.0534. The zero-order valence-electron chi connectivity index (χ0n) is 9.22. The van der Waals surface area contributed by atoms with Crippen molar-refractivity contribution in [1.82, 2.24) is 0 Å². The highest BCUT2D eigenvalue weighted by molar-refractivity contribution is 14.1. The van der Waals surface area contributed by atoms with Crippen LogP contribution in [-0.2, 0) is 9.59 Å². The average Bonchev–Trinajstić information content (AvgIpc) is 2.27. The number of nitrogens with one attached hydrogen (secondary N) is 2. The van der Waals surface area contributed by atoms with E-state index in [2.05, 4.69) is 10.6 Å². The van der Waals surface area contributed by atoms with Gasteiger partial charge in [0.05, 0.1) is 8.86 Å². The van der Waals surface area contributed by atoms with Gasteiger partial charge in [0.1, 0.15) is 0 Å². The predicted octanol–water partition coefficient (Wildman–Crippen LogP) is 2.74. The van der Waals surface area contributed by atoms with Gasteiger partial charge in [0, 0.05) is 11.4 Å². The van der Waals surface area contributed by atoms with Gasteiger partial charge in [0.15, 0.2) is 0 Å². The Balaban J connectivity index is 2.86. The summed E-state index contributed by atoms with van der Waals surface area (Å²) in [5.41, 5.74) is 2.39. The van der Waals surface area contributed by atoms with Crippen LogP contribution >= 0.6 is 45.2 Å². The standard InChI is InChI=1S/C11H12I2N2O2/c1-7-2-8(14-10(16)5-12)4-9(3-7)15-11(17)6-13/h2-4H,5-6H2,1H3,(H,14,16)(H,15,17). The van der Waals surface area contributed by atoms with E-state index in [0.29, 0.717) is 20.2 Å². The van der Waals surface area contributed by atoms with Gasteiger partial charge >= 0.3 is 0 Å². The van der Waals surface area contributed by atoms with Crippen molar-refractivity contribution in [1.29, 1.82) is 0 Å². The van der Waals surface area contributed by atoms with Crippen molar-refractivity contribution in [3.8, 4) is 0 Å². The summed E-state index contributed by atoms with van der Waals surface area (Å²) in [7, 11) is 0. The van der Waals surface area contributed by atoms with Gasteiger partial charge in [-0.2, -0.15) is 0 Å². The molecule has 0 saturated heterocycles. The molecule has 6 heteroatoms. The highest BCUT2D eigenvalue weighted by Gasteiger charge is 2.04. The van der Waals surface area contributed by atoms with Crippen LogP contribution in [0.4, 0.5) is 11.4 Å². The molecule has 0 atom stereocenters. The van der Waals surface area contributed by atoms with Gasteiger partial charge in [0.25, 0.3) is 0 Å². The molecule has 2 amide bonds. The van der Waals surface area contributed by atoms with Crippen molar-refractivity contribution < 1.29 is 9.59 Å². The van der Waals surface area contributed by atoms with Gasteiger partial charge in [0.2, 0.25) is 11.8 Å². The Morgan fingerprint density at radius 3 is 1.76 bits per heavy atom. The van der Waals surface area contributed by atoms with Crippen LogP contribution in [0.3, 0.4) is 0 Å². The number of hydrogen-bond acceptors (Lipinski definition) is 2. The largest absolute Gasteiger partial charge is 0.325 e. The van der Waals surface area contributed by atoms with Crippen molar-refractivity contribution in [3.63, 3.8) is 0 Å². The van der Waals surface area contributed by atoms with Gasteiger partial charge in [-0.05, 0) is 30.7 Å². The van der Waals surface area contributed by atoms with Crippen molar-refractivity contribution in [2.75, 3.05) is 19.5 Å². The van der Waals surface area contributed by atoms with E-state index in [1.165, 1.54) is 0 Å². The SMILES string of the molecule is Cc1cc(NC(=O)CI)cc(NC(=O)CI)c1. The molecule has 1 rings (SSSR count). The van der Waals surface area contributed by atoms with E-state index in [1.54, 1.807) is 6.07 Å². The van der Waals surface area contributed by atoms with Crippen molar-refractivity contribution in [2.24, 2.45) is 0 Å². The Morgan fingerprint density at radius 2 is 1.41 bits per heavy atom. The van der Waals surface area contributed by atoms with E-state index >= 15 is 0 Å². The number of benzene rings is 1. The van der Waals surface area contributed by atoms with E-state index in [4.69, 9.17) is 0 Å². The second-order valence-corrected chi connectivity index (χ2v) is 4.98. The number of anilines is 2. The highest BCUT2D eigenvalue weighted by atomic mass is 127. The lowest BCUT2D eigenvalue weighted by Gasteiger charge is -2.09. The molecule has 0 spiro atoms. The Kier molecular flexibility index (Phi) is 6.17. The van der Waals surface area contributed by atoms with Crippen LogP contribution in [0.15, 0.2) is 18.2 Å². The molecule has 0 saturated carbocycles. The van der Waals surface area contributed by atoms with E-state index in [9.17, 15) is 9.59 Å². The van der Waals surface area contributed by atoms with Gasteiger partial charge < -0.3 is 10.6 Å². The molecule has 1 aromatic rings. The number of carbonyl (C=O) groups excluding carboxylic acids is 2. The first-order valence-corrected chi connectivity index (χ1v) is 7.93. The summed E-state index contributed by atoms with van der Waals surface area (Å²) in [5.74, 6) is -0.107. The van der Waals surface area contributed by atoms with Gasteiger partial charge in [-0.15, -0.1) is 0 Å². The number of hydrogen-bond donors (Lipinski definition) is 2. The predicted molar refractivity (Wildman–Crippen MR) is 86.2 cm³/mol. The molecule has 0 fully saturated rings. The summed E-state index contributed by atoms with van der Waals surface area (Å²) in [6.07, 6.45) is 0. The highest BCUT2D eigenvalue weighted by Crippen LogP contribution is 2.18. The maximum atomic E-state index is 11.3. The number of carbonyl (C=O) groups is 2. The molecular formula is C11H12I2N2O2. The quantitative estimate of drug-likeness (QED) is 0.539. The van der Waals surface area contributed by atoms with Crippen LogP contribution in [0.5, 0.6) is 0 Å². The van der Waals surface area contributed by atoms with E-state index in [1.807, 2.05) is 64.2 Å². The normalized spacial score (nSPS) is 9.82. The second kappa shape index (κ2) is 7.14. The molecule has 17 heavy (non-hydrogen) atoms. The van der Waals surface area contributed by atoms with E-state index < -0.39 is 0 Å². The van der Waals surface area contributed by atoms with Gasteiger partial charge in [-0.3, -0.25) is 9.59 Å². The maximum absolute atomic E-state index is 11.3. The first-order valence-electron chi connectivity index (χ1n) is 4.88.